The number of hydrogen-bond donors (Lipinski definition) is 1. The standard InChI is InChI=1S/C16H13F3N2O/c17-16(18,19)22-14-7-5-12(6-8-14)11-1-3-13(4-2-11)15-9-20-10-21-15/h1-8,10,15H,9H2,(H,20,21). The minimum atomic E-state index is -4.67. The molecule has 0 saturated heterocycles. The van der Waals surface area contributed by atoms with Crippen molar-refractivity contribution in [2.45, 2.75) is 12.4 Å². The molecule has 22 heavy (non-hydrogen) atoms. The maximum absolute atomic E-state index is 12.1. The molecule has 1 heterocycles. The summed E-state index contributed by atoms with van der Waals surface area (Å²) in [5, 5.41) is 3.15. The lowest BCUT2D eigenvalue weighted by Gasteiger charge is -2.11. The van der Waals surface area contributed by atoms with Gasteiger partial charge in [0.1, 0.15) is 5.75 Å². The summed E-state index contributed by atoms with van der Waals surface area (Å²) < 4.78 is 40.2. The quantitative estimate of drug-likeness (QED) is 0.932. The van der Waals surface area contributed by atoms with E-state index in [2.05, 4.69) is 15.0 Å². The van der Waals surface area contributed by atoms with Crippen LogP contribution in [0, 0.1) is 0 Å². The second-order valence-electron chi connectivity index (χ2n) is 4.91. The molecule has 0 amide bonds. The molecule has 0 saturated carbocycles. The predicted molar refractivity (Wildman–Crippen MR) is 77.8 cm³/mol. The third-order valence-electron chi connectivity index (χ3n) is 3.39. The van der Waals surface area contributed by atoms with Crippen LogP contribution in [0.1, 0.15) is 11.6 Å². The van der Waals surface area contributed by atoms with Gasteiger partial charge in [-0.1, -0.05) is 36.4 Å². The highest BCUT2D eigenvalue weighted by molar-refractivity contribution is 5.65. The maximum atomic E-state index is 12.1. The number of nitrogens with zero attached hydrogens (tertiary/aromatic N) is 1. The molecule has 1 aliphatic heterocycles. The lowest BCUT2D eigenvalue weighted by molar-refractivity contribution is -0.274. The Labute approximate surface area is 125 Å². The molecule has 0 aliphatic carbocycles. The molecule has 114 valence electrons. The summed E-state index contributed by atoms with van der Waals surface area (Å²) in [4.78, 5) is 4.12. The SMILES string of the molecule is FC(F)(F)Oc1ccc(-c2ccc(C3CN=CN3)cc2)cc1. The van der Waals surface area contributed by atoms with Gasteiger partial charge in [0.2, 0.25) is 0 Å². The van der Waals surface area contributed by atoms with Gasteiger partial charge in [0.15, 0.2) is 0 Å². The first-order valence-corrected chi connectivity index (χ1v) is 6.72. The van der Waals surface area contributed by atoms with Crippen molar-refractivity contribution in [2.24, 2.45) is 4.99 Å². The Hall–Kier alpha value is -2.50. The Bertz CT molecular complexity index is 655. The summed E-state index contributed by atoms with van der Waals surface area (Å²) in [6.45, 7) is 0.711. The second-order valence-corrected chi connectivity index (χ2v) is 4.91. The average Bonchev–Trinajstić information content (AvgIpc) is 3.01. The zero-order valence-corrected chi connectivity index (χ0v) is 11.5. The number of hydrogen-bond acceptors (Lipinski definition) is 3. The number of alkyl halides is 3. The number of aliphatic imine (C=N–C) groups is 1. The summed E-state index contributed by atoms with van der Waals surface area (Å²) in [6.07, 6.45) is -2.97. The van der Waals surface area contributed by atoms with Crippen LogP contribution in [0.15, 0.2) is 53.5 Å². The Kier molecular flexibility index (Phi) is 3.75. The molecule has 1 N–H and O–H groups in total. The monoisotopic (exact) mass is 306 g/mol. The first-order valence-electron chi connectivity index (χ1n) is 6.72. The van der Waals surface area contributed by atoms with E-state index in [4.69, 9.17) is 0 Å². The Morgan fingerprint density at radius 1 is 0.955 bits per heavy atom. The summed E-state index contributed by atoms with van der Waals surface area (Å²) in [5.74, 6) is -0.222. The third-order valence-corrected chi connectivity index (χ3v) is 3.39. The van der Waals surface area contributed by atoms with Crippen molar-refractivity contribution >= 4 is 6.34 Å². The maximum Gasteiger partial charge on any atom is 0.573 e. The molecule has 3 nitrogen and oxygen atoms in total. The molecule has 2 aromatic rings. The smallest absolute Gasteiger partial charge is 0.406 e. The third kappa shape index (κ3) is 3.39. The van der Waals surface area contributed by atoms with E-state index in [0.717, 1.165) is 16.7 Å². The Balaban J connectivity index is 1.73. The first-order chi connectivity index (χ1) is 10.5. The van der Waals surface area contributed by atoms with E-state index in [1.807, 2.05) is 24.3 Å². The van der Waals surface area contributed by atoms with Gasteiger partial charge >= 0.3 is 6.36 Å². The van der Waals surface area contributed by atoms with Crippen LogP contribution in [0.2, 0.25) is 0 Å². The van der Waals surface area contributed by atoms with E-state index in [9.17, 15) is 13.2 Å². The summed E-state index contributed by atoms with van der Waals surface area (Å²) in [5.41, 5.74) is 2.89. The lowest BCUT2D eigenvalue weighted by atomic mass is 10.0. The van der Waals surface area contributed by atoms with Crippen LogP contribution < -0.4 is 10.1 Å². The zero-order chi connectivity index (χ0) is 15.6. The van der Waals surface area contributed by atoms with Crippen molar-refractivity contribution in [1.82, 2.24) is 5.32 Å². The van der Waals surface area contributed by atoms with Gasteiger partial charge in [-0.2, -0.15) is 0 Å². The minimum absolute atomic E-state index is 0.191. The van der Waals surface area contributed by atoms with E-state index in [0.29, 0.717) is 6.54 Å². The van der Waals surface area contributed by atoms with E-state index < -0.39 is 6.36 Å². The van der Waals surface area contributed by atoms with Crippen molar-refractivity contribution in [1.29, 1.82) is 0 Å². The van der Waals surface area contributed by atoms with Gasteiger partial charge < -0.3 is 10.1 Å². The Morgan fingerprint density at radius 2 is 1.55 bits per heavy atom. The van der Waals surface area contributed by atoms with Gasteiger partial charge in [0.05, 0.1) is 18.9 Å². The van der Waals surface area contributed by atoms with Gasteiger partial charge in [0, 0.05) is 0 Å². The van der Waals surface area contributed by atoms with E-state index >= 15 is 0 Å². The van der Waals surface area contributed by atoms with Gasteiger partial charge in [-0.3, -0.25) is 4.99 Å². The molecule has 0 fully saturated rings. The minimum Gasteiger partial charge on any atom is -0.406 e. The highest BCUT2D eigenvalue weighted by Gasteiger charge is 2.30. The molecule has 2 aromatic carbocycles. The summed E-state index contributed by atoms with van der Waals surface area (Å²) in [6, 6.07) is 13.9. The van der Waals surface area contributed by atoms with Crippen LogP contribution in [0.25, 0.3) is 11.1 Å². The molecule has 1 unspecified atom stereocenters. The van der Waals surface area contributed by atoms with Crippen molar-refractivity contribution in [3.05, 3.63) is 54.1 Å². The number of halogens is 3. The van der Waals surface area contributed by atoms with Gasteiger partial charge in [0.25, 0.3) is 0 Å². The summed E-state index contributed by atoms with van der Waals surface area (Å²) in [7, 11) is 0. The lowest BCUT2D eigenvalue weighted by Crippen LogP contribution is -2.16. The van der Waals surface area contributed by atoms with Crippen LogP contribution in [0.4, 0.5) is 13.2 Å². The van der Waals surface area contributed by atoms with Crippen molar-refractivity contribution in [3.63, 3.8) is 0 Å². The van der Waals surface area contributed by atoms with Crippen LogP contribution >= 0.6 is 0 Å². The highest BCUT2D eigenvalue weighted by Crippen LogP contribution is 2.27. The van der Waals surface area contributed by atoms with E-state index in [1.165, 1.54) is 12.1 Å². The van der Waals surface area contributed by atoms with Crippen LogP contribution in [0.3, 0.4) is 0 Å². The fourth-order valence-corrected chi connectivity index (χ4v) is 2.31. The van der Waals surface area contributed by atoms with Crippen molar-refractivity contribution in [2.75, 3.05) is 6.54 Å². The molecule has 0 spiro atoms. The van der Waals surface area contributed by atoms with Crippen LogP contribution in [-0.4, -0.2) is 19.2 Å². The predicted octanol–water partition coefficient (Wildman–Crippen LogP) is 3.92. The molecule has 0 radical (unpaired) electrons. The van der Waals surface area contributed by atoms with Crippen molar-refractivity contribution in [3.8, 4) is 16.9 Å². The number of nitrogens with one attached hydrogen (secondary N) is 1. The summed E-state index contributed by atoms with van der Waals surface area (Å²) >= 11 is 0. The van der Waals surface area contributed by atoms with E-state index in [-0.39, 0.29) is 11.8 Å². The fraction of sp³-hybridized carbons (Fsp3) is 0.188. The van der Waals surface area contributed by atoms with E-state index in [1.54, 1.807) is 18.5 Å². The normalized spacial score (nSPS) is 17.3. The molecule has 0 aromatic heterocycles. The second kappa shape index (κ2) is 5.71. The molecule has 1 atom stereocenters. The van der Waals surface area contributed by atoms with Gasteiger partial charge in [-0.05, 0) is 28.8 Å². The molecule has 3 rings (SSSR count). The molecule has 6 heteroatoms. The molecule has 0 bridgehead atoms. The first kappa shape index (κ1) is 14.4. The highest BCUT2D eigenvalue weighted by atomic mass is 19.4. The molecular weight excluding hydrogens is 293 g/mol. The number of ether oxygens (including phenoxy) is 1. The largest absolute Gasteiger partial charge is 0.573 e. The van der Waals surface area contributed by atoms with Gasteiger partial charge in [-0.15, -0.1) is 13.2 Å². The average molecular weight is 306 g/mol. The van der Waals surface area contributed by atoms with Crippen LogP contribution in [-0.2, 0) is 0 Å². The fourth-order valence-electron chi connectivity index (χ4n) is 2.31. The molecular formula is C16H13F3N2O. The van der Waals surface area contributed by atoms with Crippen LogP contribution in [0.5, 0.6) is 5.75 Å². The Morgan fingerprint density at radius 3 is 2.05 bits per heavy atom. The number of benzene rings is 2. The number of rotatable bonds is 3. The zero-order valence-electron chi connectivity index (χ0n) is 11.5. The molecule has 1 aliphatic rings. The topological polar surface area (TPSA) is 33.6 Å². The van der Waals surface area contributed by atoms with Crippen molar-refractivity contribution < 1.29 is 17.9 Å². The van der Waals surface area contributed by atoms with Gasteiger partial charge in [-0.25, -0.2) is 0 Å².